The third kappa shape index (κ3) is 6.51. The molecule has 240 valence electrons. The molecule has 0 saturated carbocycles. The maximum atomic E-state index is 13.1. The molecule has 14 heteroatoms. The minimum atomic E-state index is -3.73. The van der Waals surface area contributed by atoms with Crippen molar-refractivity contribution < 1.29 is 8.42 Å². The molecule has 0 unspecified atom stereocenters. The van der Waals surface area contributed by atoms with Gasteiger partial charge in [-0.2, -0.15) is 9.97 Å². The SMILES string of the molecule is O=S(=O)(c1ccc(-c2csc(NC(=S)N3CCN(c4cc(N5CCCC5)nc(N5CCCC5)n4)CC3)n2)cc1)c1ccccc1Cl. The number of halogens is 1. The smallest absolute Gasteiger partial charge is 0.229 e. The Bertz CT molecular complexity index is 1780. The summed E-state index contributed by atoms with van der Waals surface area (Å²) in [4.78, 5) is 24.2. The van der Waals surface area contributed by atoms with Gasteiger partial charge in [0.2, 0.25) is 15.8 Å². The van der Waals surface area contributed by atoms with E-state index in [1.165, 1.54) is 43.1 Å². The van der Waals surface area contributed by atoms with Gasteiger partial charge in [-0.1, -0.05) is 35.9 Å². The zero-order valence-corrected chi connectivity index (χ0v) is 28.5. The number of rotatable bonds is 7. The van der Waals surface area contributed by atoms with Crippen molar-refractivity contribution in [2.45, 2.75) is 35.5 Å². The summed E-state index contributed by atoms with van der Waals surface area (Å²) in [6, 6.07) is 15.3. The quantitative estimate of drug-likeness (QED) is 0.238. The molecule has 2 aromatic heterocycles. The number of aromatic nitrogens is 3. The Morgan fingerprint density at radius 3 is 2.04 bits per heavy atom. The predicted molar refractivity (Wildman–Crippen MR) is 189 cm³/mol. The van der Waals surface area contributed by atoms with E-state index in [0.717, 1.165) is 81.2 Å². The average Bonchev–Trinajstić information content (AvgIpc) is 3.89. The molecule has 3 fully saturated rings. The summed E-state index contributed by atoms with van der Waals surface area (Å²) >= 11 is 13.4. The minimum Gasteiger partial charge on any atom is -0.356 e. The summed E-state index contributed by atoms with van der Waals surface area (Å²) in [5.41, 5.74) is 1.56. The van der Waals surface area contributed by atoms with E-state index in [-0.39, 0.29) is 14.8 Å². The molecule has 10 nitrogen and oxygen atoms in total. The number of thiocarbonyl (C=S) groups is 1. The van der Waals surface area contributed by atoms with Gasteiger partial charge in [0.05, 0.1) is 20.5 Å². The molecule has 0 atom stereocenters. The van der Waals surface area contributed by atoms with Crippen LogP contribution in [0.25, 0.3) is 11.3 Å². The normalized spacial score (nSPS) is 17.2. The number of anilines is 4. The summed E-state index contributed by atoms with van der Waals surface area (Å²) in [5.74, 6) is 2.89. The summed E-state index contributed by atoms with van der Waals surface area (Å²) in [5, 5.41) is 6.78. The van der Waals surface area contributed by atoms with E-state index in [2.05, 4.69) is 31.0 Å². The van der Waals surface area contributed by atoms with E-state index in [9.17, 15) is 8.42 Å². The number of piperazine rings is 1. The van der Waals surface area contributed by atoms with E-state index < -0.39 is 9.84 Å². The third-order valence-corrected chi connectivity index (χ3v) is 12.1. The summed E-state index contributed by atoms with van der Waals surface area (Å²) in [7, 11) is -3.73. The Kier molecular flexibility index (Phi) is 8.99. The van der Waals surface area contributed by atoms with Crippen molar-refractivity contribution in [1.29, 1.82) is 0 Å². The monoisotopic (exact) mass is 694 g/mol. The summed E-state index contributed by atoms with van der Waals surface area (Å²) in [6.45, 7) is 7.31. The van der Waals surface area contributed by atoms with Crippen LogP contribution in [0.1, 0.15) is 25.7 Å². The van der Waals surface area contributed by atoms with Gasteiger partial charge in [-0.05, 0) is 62.2 Å². The van der Waals surface area contributed by atoms with Crippen molar-refractivity contribution in [2.75, 3.05) is 72.4 Å². The molecule has 2 aromatic carbocycles. The second kappa shape index (κ2) is 13.3. The van der Waals surface area contributed by atoms with Gasteiger partial charge in [-0.3, -0.25) is 0 Å². The first-order chi connectivity index (χ1) is 22.3. The lowest BCUT2D eigenvalue weighted by molar-refractivity contribution is 0.389. The van der Waals surface area contributed by atoms with Gasteiger partial charge in [0, 0.05) is 69.4 Å². The highest BCUT2D eigenvalue weighted by Crippen LogP contribution is 2.31. The number of hydrogen-bond donors (Lipinski definition) is 1. The Morgan fingerprint density at radius 2 is 1.39 bits per heavy atom. The maximum absolute atomic E-state index is 13.1. The highest BCUT2D eigenvalue weighted by atomic mass is 35.5. The van der Waals surface area contributed by atoms with Crippen LogP contribution in [0, 0.1) is 0 Å². The van der Waals surface area contributed by atoms with Crippen molar-refractivity contribution in [2.24, 2.45) is 0 Å². The van der Waals surface area contributed by atoms with E-state index >= 15 is 0 Å². The molecular formula is C32H35ClN8O2S3. The second-order valence-electron chi connectivity index (χ2n) is 11.7. The van der Waals surface area contributed by atoms with Crippen LogP contribution < -0.4 is 20.0 Å². The van der Waals surface area contributed by atoms with Gasteiger partial charge in [0.15, 0.2) is 10.2 Å². The molecule has 1 N–H and O–H groups in total. The molecule has 3 aliphatic rings. The molecule has 0 spiro atoms. The van der Waals surface area contributed by atoms with Crippen LogP contribution in [0.4, 0.5) is 22.7 Å². The molecule has 3 saturated heterocycles. The van der Waals surface area contributed by atoms with Crippen molar-refractivity contribution in [3.8, 4) is 11.3 Å². The Balaban J connectivity index is 0.979. The number of nitrogens with one attached hydrogen (secondary N) is 1. The molecule has 0 radical (unpaired) electrons. The summed E-state index contributed by atoms with van der Waals surface area (Å²) in [6.07, 6.45) is 4.81. The lowest BCUT2D eigenvalue weighted by atomic mass is 10.2. The van der Waals surface area contributed by atoms with Crippen LogP contribution in [0.3, 0.4) is 0 Å². The first-order valence-corrected chi connectivity index (χ1v) is 18.8. The van der Waals surface area contributed by atoms with Crippen molar-refractivity contribution >= 4 is 72.8 Å². The predicted octanol–water partition coefficient (Wildman–Crippen LogP) is 5.81. The van der Waals surface area contributed by atoms with Crippen molar-refractivity contribution in [3.05, 3.63) is 65.0 Å². The molecule has 0 aliphatic carbocycles. The number of nitrogens with zero attached hydrogens (tertiary/aromatic N) is 7. The second-order valence-corrected chi connectivity index (χ2v) is 15.2. The zero-order chi connectivity index (χ0) is 31.7. The Hall–Kier alpha value is -3.52. The fourth-order valence-electron chi connectivity index (χ4n) is 6.11. The molecule has 5 heterocycles. The largest absolute Gasteiger partial charge is 0.356 e. The lowest BCUT2D eigenvalue weighted by Gasteiger charge is -2.37. The van der Waals surface area contributed by atoms with Crippen LogP contribution in [-0.4, -0.2) is 85.7 Å². The van der Waals surface area contributed by atoms with E-state index in [0.29, 0.717) is 10.2 Å². The molecule has 0 amide bonds. The average molecular weight is 695 g/mol. The van der Waals surface area contributed by atoms with Crippen LogP contribution in [0.5, 0.6) is 0 Å². The fourth-order valence-corrected chi connectivity index (χ4v) is 8.94. The zero-order valence-electron chi connectivity index (χ0n) is 25.3. The van der Waals surface area contributed by atoms with Gasteiger partial charge in [-0.15, -0.1) is 11.3 Å². The van der Waals surface area contributed by atoms with Gasteiger partial charge in [0.25, 0.3) is 0 Å². The fraction of sp³-hybridized carbons (Fsp3) is 0.375. The van der Waals surface area contributed by atoms with Gasteiger partial charge < -0.3 is 24.9 Å². The lowest BCUT2D eigenvalue weighted by Crippen LogP contribution is -2.50. The third-order valence-electron chi connectivity index (χ3n) is 8.70. The maximum Gasteiger partial charge on any atom is 0.229 e. The minimum absolute atomic E-state index is 0.0922. The van der Waals surface area contributed by atoms with Crippen LogP contribution in [0.2, 0.25) is 5.02 Å². The number of hydrogen-bond acceptors (Lipinski definition) is 10. The summed E-state index contributed by atoms with van der Waals surface area (Å²) < 4.78 is 26.2. The van der Waals surface area contributed by atoms with Gasteiger partial charge in [0.1, 0.15) is 11.6 Å². The highest BCUT2D eigenvalue weighted by molar-refractivity contribution is 7.91. The Labute approximate surface area is 284 Å². The molecular weight excluding hydrogens is 660 g/mol. The first-order valence-electron chi connectivity index (χ1n) is 15.6. The topological polar surface area (TPSA) is 97.8 Å². The Morgan fingerprint density at radius 1 is 0.783 bits per heavy atom. The van der Waals surface area contributed by atoms with Crippen LogP contribution >= 0.6 is 35.2 Å². The molecule has 46 heavy (non-hydrogen) atoms. The molecule has 3 aliphatic heterocycles. The highest BCUT2D eigenvalue weighted by Gasteiger charge is 2.26. The molecule has 4 aromatic rings. The van der Waals surface area contributed by atoms with E-state index in [1.807, 2.05) is 5.38 Å². The van der Waals surface area contributed by atoms with Crippen molar-refractivity contribution in [1.82, 2.24) is 19.9 Å². The van der Waals surface area contributed by atoms with E-state index in [1.54, 1.807) is 42.5 Å². The number of sulfone groups is 1. The number of thiazole rings is 1. The van der Waals surface area contributed by atoms with Crippen LogP contribution in [0.15, 0.2) is 69.8 Å². The first kappa shape index (κ1) is 31.1. The van der Waals surface area contributed by atoms with Gasteiger partial charge in [-0.25, -0.2) is 13.4 Å². The molecule has 7 rings (SSSR count). The van der Waals surface area contributed by atoms with Crippen molar-refractivity contribution in [3.63, 3.8) is 0 Å². The van der Waals surface area contributed by atoms with Gasteiger partial charge >= 0.3 is 0 Å². The van der Waals surface area contributed by atoms with E-state index in [4.69, 9.17) is 38.8 Å². The van der Waals surface area contributed by atoms with Crippen LogP contribution in [-0.2, 0) is 9.84 Å². The molecule has 0 bridgehead atoms. The standard InChI is InChI=1S/C32H35ClN8O2S3/c33-25-7-1-2-8-27(25)46(42,43)24-11-9-23(10-12-24)26-22-45-31(34-26)37-32(44)41-19-17-39(18-20-41)29-21-28(38-13-3-4-14-38)35-30(36-29)40-15-5-6-16-40/h1-2,7-12,21-22H,3-6,13-20H2,(H,34,37,44). The number of benzene rings is 2.